The molecule has 0 unspecified atom stereocenters. The molecule has 0 bridgehead atoms. The zero-order valence-electron chi connectivity index (χ0n) is 16.5. The summed E-state index contributed by atoms with van der Waals surface area (Å²) in [4.78, 5) is 10.4. The molecule has 0 radical (unpaired) electrons. The number of non-ortho nitro benzene ring substituents is 1. The predicted molar refractivity (Wildman–Crippen MR) is 126 cm³/mol. The van der Waals surface area contributed by atoms with Crippen LogP contribution in [0.2, 0.25) is 5.02 Å². The van der Waals surface area contributed by atoms with E-state index in [1.54, 1.807) is 18.2 Å². The average molecular weight is 557 g/mol. The van der Waals surface area contributed by atoms with Crippen LogP contribution in [0.4, 0.5) is 15.8 Å². The largest absolute Gasteiger partial charge is 0.490 e. The van der Waals surface area contributed by atoms with Gasteiger partial charge >= 0.3 is 0 Å². The molecule has 3 rings (SSSR count). The van der Waals surface area contributed by atoms with Crippen LogP contribution < -0.4 is 14.8 Å². The fraction of sp³-hybridized carbons (Fsp3) is 0.182. The van der Waals surface area contributed by atoms with Crippen LogP contribution in [0.15, 0.2) is 54.6 Å². The first-order valence-corrected chi connectivity index (χ1v) is 10.8. The third-order valence-electron chi connectivity index (χ3n) is 4.32. The molecule has 9 heteroatoms. The highest BCUT2D eigenvalue weighted by atomic mass is 127. The van der Waals surface area contributed by atoms with E-state index in [0.717, 1.165) is 14.7 Å². The Bertz CT molecular complexity index is 1080. The summed E-state index contributed by atoms with van der Waals surface area (Å²) in [6.07, 6.45) is 0. The van der Waals surface area contributed by atoms with Crippen molar-refractivity contribution in [1.29, 1.82) is 0 Å². The molecule has 0 aliphatic carbocycles. The minimum Gasteiger partial charge on any atom is -0.490 e. The van der Waals surface area contributed by atoms with Gasteiger partial charge in [0.25, 0.3) is 5.69 Å². The van der Waals surface area contributed by atoms with Gasteiger partial charge < -0.3 is 14.8 Å². The standard InChI is InChI=1S/C22H19ClFIN2O4/c1-2-30-21-10-15(12-26-16-5-8-19(24)18(23)11-16)9-20(25)22(21)31-13-14-3-6-17(7-4-14)27(28)29/h3-11,26H,2,12-13H2,1H3. The second-order valence-corrected chi connectivity index (χ2v) is 8.10. The highest BCUT2D eigenvalue weighted by molar-refractivity contribution is 14.1. The smallest absolute Gasteiger partial charge is 0.269 e. The summed E-state index contributed by atoms with van der Waals surface area (Å²) in [5.74, 6) is 0.745. The molecule has 0 aliphatic rings. The van der Waals surface area contributed by atoms with Crippen molar-refractivity contribution in [3.63, 3.8) is 0 Å². The van der Waals surface area contributed by atoms with Crippen molar-refractivity contribution in [2.75, 3.05) is 11.9 Å². The monoisotopic (exact) mass is 556 g/mol. The fourth-order valence-electron chi connectivity index (χ4n) is 2.81. The maximum absolute atomic E-state index is 13.3. The number of anilines is 1. The molecule has 0 saturated carbocycles. The Labute approximate surface area is 197 Å². The van der Waals surface area contributed by atoms with Gasteiger partial charge in [0.1, 0.15) is 12.4 Å². The van der Waals surface area contributed by atoms with E-state index in [1.165, 1.54) is 24.3 Å². The third-order valence-corrected chi connectivity index (χ3v) is 5.41. The quantitative estimate of drug-likeness (QED) is 0.183. The summed E-state index contributed by atoms with van der Waals surface area (Å²) in [6, 6.07) is 14.5. The maximum atomic E-state index is 13.3. The van der Waals surface area contributed by atoms with Gasteiger partial charge in [0.15, 0.2) is 11.5 Å². The minimum atomic E-state index is -0.463. The zero-order valence-corrected chi connectivity index (χ0v) is 19.4. The van der Waals surface area contributed by atoms with Crippen LogP contribution in [0.5, 0.6) is 11.5 Å². The van der Waals surface area contributed by atoms with Crippen molar-refractivity contribution in [1.82, 2.24) is 0 Å². The highest BCUT2D eigenvalue weighted by Crippen LogP contribution is 2.35. The third kappa shape index (κ3) is 6.20. The lowest BCUT2D eigenvalue weighted by atomic mass is 10.2. The molecule has 3 aromatic carbocycles. The number of nitro groups is 1. The molecule has 3 aromatic rings. The van der Waals surface area contributed by atoms with Crippen molar-refractivity contribution >= 4 is 45.6 Å². The normalized spacial score (nSPS) is 10.6. The van der Waals surface area contributed by atoms with Gasteiger partial charge in [0, 0.05) is 24.4 Å². The van der Waals surface area contributed by atoms with E-state index in [0.29, 0.717) is 30.3 Å². The van der Waals surface area contributed by atoms with Gasteiger partial charge in [-0.1, -0.05) is 11.6 Å². The highest BCUT2D eigenvalue weighted by Gasteiger charge is 2.13. The number of halogens is 3. The molecular formula is C22H19ClFIN2O4. The van der Waals surface area contributed by atoms with E-state index in [4.69, 9.17) is 21.1 Å². The second-order valence-electron chi connectivity index (χ2n) is 6.53. The Hall–Kier alpha value is -2.59. The molecule has 0 spiro atoms. The zero-order chi connectivity index (χ0) is 22.4. The van der Waals surface area contributed by atoms with Gasteiger partial charge in [-0.15, -0.1) is 0 Å². The number of ether oxygens (including phenoxy) is 2. The number of rotatable bonds is 9. The maximum Gasteiger partial charge on any atom is 0.269 e. The molecule has 0 aliphatic heterocycles. The van der Waals surface area contributed by atoms with Crippen LogP contribution >= 0.6 is 34.2 Å². The molecule has 0 fully saturated rings. The Kier molecular flexibility index (Phi) is 7.91. The number of nitrogens with zero attached hydrogens (tertiary/aromatic N) is 1. The van der Waals surface area contributed by atoms with Gasteiger partial charge in [0.05, 0.1) is 20.1 Å². The first kappa shape index (κ1) is 23.1. The van der Waals surface area contributed by atoms with E-state index >= 15 is 0 Å². The Morgan fingerprint density at radius 1 is 1.10 bits per heavy atom. The van der Waals surface area contributed by atoms with Gasteiger partial charge in [-0.2, -0.15) is 0 Å². The van der Waals surface area contributed by atoms with Gasteiger partial charge in [0.2, 0.25) is 0 Å². The van der Waals surface area contributed by atoms with Crippen LogP contribution in [0.1, 0.15) is 18.1 Å². The topological polar surface area (TPSA) is 73.6 Å². The van der Waals surface area contributed by atoms with E-state index in [1.807, 2.05) is 19.1 Å². The molecular weight excluding hydrogens is 538 g/mol. The Morgan fingerprint density at radius 2 is 1.84 bits per heavy atom. The number of benzene rings is 3. The van der Waals surface area contributed by atoms with E-state index in [9.17, 15) is 14.5 Å². The van der Waals surface area contributed by atoms with Crippen molar-refractivity contribution in [3.05, 3.63) is 90.2 Å². The Morgan fingerprint density at radius 3 is 2.48 bits per heavy atom. The number of hydrogen-bond acceptors (Lipinski definition) is 5. The molecule has 0 aromatic heterocycles. The molecule has 6 nitrogen and oxygen atoms in total. The van der Waals surface area contributed by atoms with Crippen LogP contribution in [0.25, 0.3) is 0 Å². The van der Waals surface area contributed by atoms with Gasteiger partial charge in [-0.3, -0.25) is 10.1 Å². The molecule has 31 heavy (non-hydrogen) atoms. The summed E-state index contributed by atoms with van der Waals surface area (Å²) >= 11 is 8.01. The number of nitrogens with one attached hydrogen (secondary N) is 1. The summed E-state index contributed by atoms with van der Waals surface area (Å²) in [6.45, 7) is 3.09. The lowest BCUT2D eigenvalue weighted by Crippen LogP contribution is -2.05. The first-order chi connectivity index (χ1) is 14.9. The first-order valence-electron chi connectivity index (χ1n) is 9.37. The molecule has 0 saturated heterocycles. The summed E-state index contributed by atoms with van der Waals surface area (Å²) < 4.78 is 25.9. The van der Waals surface area contributed by atoms with Crippen LogP contribution in [-0.2, 0) is 13.2 Å². The SMILES string of the molecule is CCOc1cc(CNc2ccc(F)c(Cl)c2)cc(I)c1OCc1ccc([N+](=O)[O-])cc1. The molecule has 0 heterocycles. The average Bonchev–Trinajstić information content (AvgIpc) is 2.74. The number of nitro benzene ring substituents is 1. The molecule has 0 atom stereocenters. The van der Waals surface area contributed by atoms with Gasteiger partial charge in [-0.25, -0.2) is 4.39 Å². The van der Waals surface area contributed by atoms with E-state index in [-0.39, 0.29) is 17.3 Å². The van der Waals surface area contributed by atoms with Crippen molar-refractivity contribution in [2.45, 2.75) is 20.1 Å². The molecule has 162 valence electrons. The van der Waals surface area contributed by atoms with Crippen LogP contribution in [0, 0.1) is 19.5 Å². The summed E-state index contributed by atoms with van der Waals surface area (Å²) in [5.41, 5.74) is 2.50. The minimum absolute atomic E-state index is 0.0348. The van der Waals surface area contributed by atoms with Crippen LogP contribution in [0.3, 0.4) is 0 Å². The van der Waals surface area contributed by atoms with Crippen molar-refractivity contribution < 1.29 is 18.8 Å². The summed E-state index contributed by atoms with van der Waals surface area (Å²) in [5, 5.41) is 14.1. The molecule has 0 amide bonds. The fourth-order valence-corrected chi connectivity index (χ4v) is 3.81. The lowest BCUT2D eigenvalue weighted by Gasteiger charge is -2.16. The molecule has 1 N–H and O–H groups in total. The predicted octanol–water partition coefficient (Wildman–Crippen LogP) is 6.58. The Balaban J connectivity index is 1.73. The number of hydrogen-bond donors (Lipinski definition) is 1. The second kappa shape index (κ2) is 10.6. The van der Waals surface area contributed by atoms with Crippen molar-refractivity contribution in [2.24, 2.45) is 0 Å². The van der Waals surface area contributed by atoms with Crippen LogP contribution in [-0.4, -0.2) is 11.5 Å². The summed E-state index contributed by atoms with van der Waals surface area (Å²) in [7, 11) is 0. The lowest BCUT2D eigenvalue weighted by molar-refractivity contribution is -0.384. The van der Waals surface area contributed by atoms with E-state index in [2.05, 4.69) is 27.9 Å². The van der Waals surface area contributed by atoms with E-state index < -0.39 is 10.7 Å². The van der Waals surface area contributed by atoms with Gasteiger partial charge in [-0.05, 0) is 83.1 Å². The van der Waals surface area contributed by atoms with Crippen molar-refractivity contribution in [3.8, 4) is 11.5 Å².